The van der Waals surface area contributed by atoms with Crippen molar-refractivity contribution in [3.8, 4) is 11.4 Å². The highest BCUT2D eigenvalue weighted by atomic mass is 19.4. The van der Waals surface area contributed by atoms with E-state index >= 15 is 0 Å². The van der Waals surface area contributed by atoms with Gasteiger partial charge in [-0.05, 0) is 12.5 Å². The van der Waals surface area contributed by atoms with E-state index < -0.39 is 52.7 Å². The summed E-state index contributed by atoms with van der Waals surface area (Å²) in [5.74, 6) is -4.78. The van der Waals surface area contributed by atoms with Gasteiger partial charge in [-0.2, -0.15) is 18.2 Å². The van der Waals surface area contributed by atoms with Crippen molar-refractivity contribution in [2.45, 2.75) is 38.4 Å². The molecule has 158 valence electrons. The van der Waals surface area contributed by atoms with Crippen molar-refractivity contribution in [1.29, 1.82) is 0 Å². The minimum atomic E-state index is -4.93. The van der Waals surface area contributed by atoms with Gasteiger partial charge in [0.05, 0.1) is 11.3 Å². The molecule has 1 saturated heterocycles. The highest BCUT2D eigenvalue weighted by Gasteiger charge is 2.40. The molecule has 0 aliphatic carbocycles. The van der Waals surface area contributed by atoms with Crippen LogP contribution in [0, 0.1) is 11.6 Å². The molecule has 0 N–H and O–H groups in total. The van der Waals surface area contributed by atoms with E-state index in [2.05, 4.69) is 24.9 Å². The molecule has 0 radical (unpaired) electrons. The first-order chi connectivity index (χ1) is 14.2. The van der Waals surface area contributed by atoms with Crippen LogP contribution in [0.15, 0.2) is 21.1 Å². The molecule has 0 spiro atoms. The minimum Gasteiger partial charge on any atom is -0.423 e. The Morgan fingerprint density at radius 2 is 1.97 bits per heavy atom. The maximum absolute atomic E-state index is 14.8. The number of aromatic nitrogens is 4. The van der Waals surface area contributed by atoms with Crippen LogP contribution < -0.4 is 4.90 Å². The van der Waals surface area contributed by atoms with Gasteiger partial charge in [0.15, 0.2) is 0 Å². The number of halogens is 5. The molecule has 1 aliphatic rings. The van der Waals surface area contributed by atoms with Gasteiger partial charge in [0, 0.05) is 18.9 Å². The summed E-state index contributed by atoms with van der Waals surface area (Å²) in [5, 5.41) is 10.7. The largest absolute Gasteiger partial charge is 0.471 e. The van der Waals surface area contributed by atoms with Crippen LogP contribution in [0.3, 0.4) is 0 Å². The molecule has 0 saturated carbocycles. The minimum absolute atomic E-state index is 0.0388. The van der Waals surface area contributed by atoms with Gasteiger partial charge >= 0.3 is 12.1 Å². The number of hydrogen-bond donors (Lipinski definition) is 0. The molecule has 0 unspecified atom stereocenters. The van der Waals surface area contributed by atoms with E-state index in [1.54, 1.807) is 6.92 Å². The summed E-state index contributed by atoms with van der Waals surface area (Å²) in [6.45, 7) is 1.78. The standard InChI is InChI=1S/C17H12F5N5O3/c1-2-12-24-25-15(29-12)10-3-4-13(28)27(10)11-6-8(18)7(5-9(11)19)14-23-16(30-26-14)17(20,21)22/h5-6,10H,2-4H2,1H3/t10-/m0/s1. The molecule has 4 rings (SSSR count). The first-order valence-corrected chi connectivity index (χ1v) is 8.73. The smallest absolute Gasteiger partial charge is 0.423 e. The van der Waals surface area contributed by atoms with Crippen LogP contribution in [0.2, 0.25) is 0 Å². The Bertz CT molecular complexity index is 1110. The summed E-state index contributed by atoms with van der Waals surface area (Å²) in [4.78, 5) is 16.4. The van der Waals surface area contributed by atoms with Gasteiger partial charge in [-0.1, -0.05) is 12.1 Å². The predicted molar refractivity (Wildman–Crippen MR) is 87.8 cm³/mol. The summed E-state index contributed by atoms with van der Waals surface area (Å²) in [6, 6.07) is 0.484. The molecule has 3 aromatic rings. The van der Waals surface area contributed by atoms with Gasteiger partial charge in [-0.15, -0.1) is 10.2 Å². The lowest BCUT2D eigenvalue weighted by Crippen LogP contribution is -2.28. The van der Waals surface area contributed by atoms with Gasteiger partial charge in [0.1, 0.15) is 17.7 Å². The van der Waals surface area contributed by atoms with Gasteiger partial charge in [-0.3, -0.25) is 9.69 Å². The van der Waals surface area contributed by atoms with Crippen molar-refractivity contribution in [3.63, 3.8) is 0 Å². The molecule has 1 aromatic carbocycles. The van der Waals surface area contributed by atoms with Crippen molar-refractivity contribution in [1.82, 2.24) is 20.3 Å². The molecular weight excluding hydrogens is 417 g/mol. The quantitative estimate of drug-likeness (QED) is 0.581. The van der Waals surface area contributed by atoms with E-state index in [-0.39, 0.29) is 18.7 Å². The van der Waals surface area contributed by atoms with E-state index in [0.717, 1.165) is 4.90 Å². The lowest BCUT2D eigenvalue weighted by molar-refractivity contribution is -0.159. The molecule has 3 heterocycles. The zero-order valence-corrected chi connectivity index (χ0v) is 15.2. The lowest BCUT2D eigenvalue weighted by atomic mass is 10.1. The van der Waals surface area contributed by atoms with Gasteiger partial charge in [-0.25, -0.2) is 8.78 Å². The van der Waals surface area contributed by atoms with Crippen LogP contribution in [-0.2, 0) is 17.4 Å². The van der Waals surface area contributed by atoms with Crippen molar-refractivity contribution >= 4 is 11.6 Å². The molecule has 30 heavy (non-hydrogen) atoms. The molecule has 1 aliphatic heterocycles. The molecule has 13 heteroatoms. The van der Waals surface area contributed by atoms with Crippen molar-refractivity contribution in [2.24, 2.45) is 0 Å². The number of amides is 1. The average molecular weight is 429 g/mol. The third-order valence-electron chi connectivity index (χ3n) is 4.49. The second-order valence-electron chi connectivity index (χ2n) is 6.41. The molecule has 1 atom stereocenters. The van der Waals surface area contributed by atoms with E-state index in [0.29, 0.717) is 24.4 Å². The normalized spacial score (nSPS) is 17.2. The second kappa shape index (κ2) is 7.15. The predicted octanol–water partition coefficient (Wildman–Crippen LogP) is 3.85. The summed E-state index contributed by atoms with van der Waals surface area (Å²) < 4.78 is 76.8. The molecule has 1 amide bonds. The first kappa shape index (κ1) is 19.9. The lowest BCUT2D eigenvalue weighted by Gasteiger charge is -2.23. The molecule has 2 aromatic heterocycles. The maximum atomic E-state index is 14.8. The topological polar surface area (TPSA) is 98.2 Å². The third kappa shape index (κ3) is 3.39. The highest BCUT2D eigenvalue weighted by molar-refractivity contribution is 5.96. The summed E-state index contributed by atoms with van der Waals surface area (Å²) >= 11 is 0. The van der Waals surface area contributed by atoms with Gasteiger partial charge < -0.3 is 8.94 Å². The average Bonchev–Trinajstić information content (AvgIpc) is 3.41. The number of benzene rings is 1. The maximum Gasteiger partial charge on any atom is 0.471 e. The van der Waals surface area contributed by atoms with Crippen molar-refractivity contribution < 1.29 is 35.7 Å². The summed E-state index contributed by atoms with van der Waals surface area (Å²) in [7, 11) is 0. The van der Waals surface area contributed by atoms with E-state index in [4.69, 9.17) is 4.42 Å². The fourth-order valence-corrected chi connectivity index (χ4v) is 3.10. The fraction of sp³-hybridized carbons (Fsp3) is 0.353. The van der Waals surface area contributed by atoms with Crippen LogP contribution in [0.25, 0.3) is 11.4 Å². The summed E-state index contributed by atoms with van der Waals surface area (Å²) in [6.07, 6.45) is -4.20. The summed E-state index contributed by atoms with van der Waals surface area (Å²) in [5.41, 5.74) is -1.07. The Morgan fingerprint density at radius 3 is 2.60 bits per heavy atom. The van der Waals surface area contributed by atoms with Crippen LogP contribution in [-0.4, -0.2) is 26.2 Å². The number of anilines is 1. The number of carbonyl (C=O) groups is 1. The Kier molecular flexibility index (Phi) is 4.74. The zero-order valence-electron chi connectivity index (χ0n) is 15.2. The Morgan fingerprint density at radius 1 is 1.20 bits per heavy atom. The van der Waals surface area contributed by atoms with Crippen LogP contribution in [0.5, 0.6) is 0 Å². The van der Waals surface area contributed by atoms with E-state index in [1.807, 2.05) is 0 Å². The van der Waals surface area contributed by atoms with Crippen molar-refractivity contribution in [2.75, 3.05) is 4.90 Å². The monoisotopic (exact) mass is 429 g/mol. The number of hydrogen-bond acceptors (Lipinski definition) is 7. The third-order valence-corrected chi connectivity index (χ3v) is 4.49. The van der Waals surface area contributed by atoms with E-state index in [1.165, 1.54) is 0 Å². The number of carbonyl (C=O) groups excluding carboxylic acids is 1. The Labute approximate surface area is 164 Å². The molecular formula is C17H12F5N5O3. The van der Waals surface area contributed by atoms with Crippen LogP contribution in [0.4, 0.5) is 27.6 Å². The SMILES string of the molecule is CCc1nnc([C@@H]2CCC(=O)N2c2cc(F)c(-c3noc(C(F)(F)F)n3)cc2F)o1. The fourth-order valence-electron chi connectivity index (χ4n) is 3.10. The van der Waals surface area contributed by atoms with Gasteiger partial charge in [0.25, 0.3) is 0 Å². The zero-order chi connectivity index (χ0) is 21.6. The second-order valence-corrected chi connectivity index (χ2v) is 6.41. The van der Waals surface area contributed by atoms with Gasteiger partial charge in [0.2, 0.25) is 23.5 Å². The van der Waals surface area contributed by atoms with Crippen LogP contribution in [0.1, 0.15) is 43.5 Å². The molecule has 1 fully saturated rings. The Balaban J connectivity index is 1.71. The highest BCUT2D eigenvalue weighted by Crippen LogP contribution is 2.39. The Hall–Kier alpha value is -3.38. The number of nitrogens with zero attached hydrogens (tertiary/aromatic N) is 5. The number of aryl methyl sites for hydroxylation is 1. The number of rotatable bonds is 4. The molecule has 0 bridgehead atoms. The van der Waals surface area contributed by atoms with Crippen LogP contribution >= 0.6 is 0 Å². The number of alkyl halides is 3. The van der Waals surface area contributed by atoms with E-state index in [9.17, 15) is 26.7 Å². The van der Waals surface area contributed by atoms with Crippen molar-refractivity contribution in [3.05, 3.63) is 41.4 Å². The first-order valence-electron chi connectivity index (χ1n) is 8.73. The molecule has 8 nitrogen and oxygen atoms in total.